The number of aliphatic hydroxyl groups is 1. The predicted octanol–water partition coefficient (Wildman–Crippen LogP) is 3.28. The highest BCUT2D eigenvalue weighted by Gasteiger charge is 2.43. The fraction of sp³-hybridized carbons (Fsp3) is 0.136. The van der Waals surface area contributed by atoms with Gasteiger partial charge in [-0.25, -0.2) is 0 Å². The summed E-state index contributed by atoms with van der Waals surface area (Å²) >= 11 is 0. The molecule has 1 aliphatic rings. The maximum absolute atomic E-state index is 12.6. The van der Waals surface area contributed by atoms with Crippen molar-refractivity contribution in [3.8, 4) is 0 Å². The molecule has 0 saturated carbocycles. The molecule has 3 aromatic carbocycles. The van der Waals surface area contributed by atoms with Crippen LogP contribution in [-0.4, -0.2) is 17.1 Å². The first-order valence-electron chi connectivity index (χ1n) is 8.42. The minimum atomic E-state index is -1.30. The molecule has 124 valence electrons. The monoisotopic (exact) mass is 329 g/mol. The van der Waals surface area contributed by atoms with Gasteiger partial charge in [-0.1, -0.05) is 78.9 Å². The van der Waals surface area contributed by atoms with Crippen LogP contribution in [0.15, 0.2) is 84.9 Å². The fourth-order valence-corrected chi connectivity index (χ4v) is 3.63. The smallest absolute Gasteiger partial charge is 0.251 e. The van der Waals surface area contributed by atoms with Gasteiger partial charge in [0.1, 0.15) is 5.60 Å². The van der Waals surface area contributed by atoms with Gasteiger partial charge in [-0.05, 0) is 29.2 Å². The Hall–Kier alpha value is -2.91. The first kappa shape index (κ1) is 15.6. The van der Waals surface area contributed by atoms with Crippen molar-refractivity contribution in [2.24, 2.45) is 0 Å². The van der Waals surface area contributed by atoms with Gasteiger partial charge in [0.2, 0.25) is 0 Å². The van der Waals surface area contributed by atoms with Crippen molar-refractivity contribution in [2.45, 2.75) is 18.1 Å². The molecule has 1 aliphatic heterocycles. The molecule has 0 bridgehead atoms. The molecule has 0 fully saturated rings. The second-order valence-electron chi connectivity index (χ2n) is 6.39. The molecule has 2 N–H and O–H groups in total. The van der Waals surface area contributed by atoms with Crippen molar-refractivity contribution in [1.82, 2.24) is 5.32 Å². The molecule has 1 atom stereocenters. The van der Waals surface area contributed by atoms with Crippen molar-refractivity contribution >= 4 is 5.91 Å². The summed E-state index contributed by atoms with van der Waals surface area (Å²) in [6, 6.07) is 26.2. The zero-order valence-electron chi connectivity index (χ0n) is 13.7. The van der Waals surface area contributed by atoms with Gasteiger partial charge in [0.15, 0.2) is 0 Å². The summed E-state index contributed by atoms with van der Waals surface area (Å²) in [7, 11) is 0. The van der Waals surface area contributed by atoms with Crippen LogP contribution in [0.2, 0.25) is 0 Å². The zero-order valence-corrected chi connectivity index (χ0v) is 13.7. The molecule has 3 heteroatoms. The molecule has 1 heterocycles. The average molecular weight is 329 g/mol. The summed E-state index contributed by atoms with van der Waals surface area (Å²) < 4.78 is 0. The number of carbonyl (C=O) groups excluding carboxylic acids is 1. The molecular weight excluding hydrogens is 310 g/mol. The van der Waals surface area contributed by atoms with Crippen LogP contribution in [-0.2, 0) is 12.0 Å². The molecule has 0 radical (unpaired) electrons. The predicted molar refractivity (Wildman–Crippen MR) is 97.3 cm³/mol. The van der Waals surface area contributed by atoms with E-state index < -0.39 is 11.6 Å². The topological polar surface area (TPSA) is 49.3 Å². The van der Waals surface area contributed by atoms with Gasteiger partial charge < -0.3 is 10.4 Å². The molecule has 0 spiro atoms. The summed E-state index contributed by atoms with van der Waals surface area (Å²) in [5, 5.41) is 14.8. The molecule has 0 aromatic heterocycles. The van der Waals surface area contributed by atoms with Gasteiger partial charge in [-0.15, -0.1) is 0 Å². The van der Waals surface area contributed by atoms with Crippen molar-refractivity contribution in [3.05, 3.63) is 107 Å². The minimum absolute atomic E-state index is 0.142. The third-order valence-electron chi connectivity index (χ3n) is 4.92. The number of benzene rings is 3. The fourth-order valence-electron chi connectivity index (χ4n) is 3.63. The standard InChI is InChI=1S/C22H19NO2/c24-21-19-14-8-7-9-16(19)15-20(23-21)22(25,17-10-3-1-4-11-17)18-12-5-2-6-13-18/h1-14,20,25H,15H2,(H,23,24)/t20-/m0/s1. The summed E-state index contributed by atoms with van der Waals surface area (Å²) in [5.74, 6) is -0.142. The summed E-state index contributed by atoms with van der Waals surface area (Å²) in [6.07, 6.45) is 0.572. The van der Waals surface area contributed by atoms with E-state index in [2.05, 4.69) is 5.32 Å². The Morgan fingerprint density at radius 3 is 1.92 bits per heavy atom. The Morgan fingerprint density at radius 2 is 1.32 bits per heavy atom. The quantitative estimate of drug-likeness (QED) is 0.775. The first-order chi connectivity index (χ1) is 12.2. The lowest BCUT2D eigenvalue weighted by Crippen LogP contribution is -2.55. The van der Waals surface area contributed by atoms with Gasteiger partial charge in [0, 0.05) is 5.56 Å². The van der Waals surface area contributed by atoms with Crippen molar-refractivity contribution in [3.63, 3.8) is 0 Å². The summed E-state index contributed by atoms with van der Waals surface area (Å²) in [5.41, 5.74) is 1.88. The van der Waals surface area contributed by atoms with Crippen LogP contribution < -0.4 is 5.32 Å². The van der Waals surface area contributed by atoms with Crippen LogP contribution >= 0.6 is 0 Å². The molecule has 0 unspecified atom stereocenters. The maximum Gasteiger partial charge on any atom is 0.251 e. The van der Waals surface area contributed by atoms with Crippen molar-refractivity contribution < 1.29 is 9.90 Å². The Bertz CT molecular complexity index is 851. The molecule has 1 amide bonds. The van der Waals surface area contributed by atoms with Crippen LogP contribution in [0.1, 0.15) is 27.0 Å². The van der Waals surface area contributed by atoms with E-state index in [1.807, 2.05) is 84.9 Å². The molecule has 0 aliphatic carbocycles. The van der Waals surface area contributed by atoms with Crippen molar-refractivity contribution in [1.29, 1.82) is 0 Å². The van der Waals surface area contributed by atoms with Gasteiger partial charge in [-0.3, -0.25) is 4.79 Å². The largest absolute Gasteiger partial charge is 0.378 e. The second kappa shape index (κ2) is 6.19. The lowest BCUT2D eigenvalue weighted by molar-refractivity contribution is 0.0321. The molecule has 3 nitrogen and oxygen atoms in total. The van der Waals surface area contributed by atoms with Crippen LogP contribution in [0, 0.1) is 0 Å². The molecular formula is C22H19NO2. The summed E-state index contributed by atoms with van der Waals surface area (Å²) in [4.78, 5) is 12.6. The van der Waals surface area contributed by atoms with Gasteiger partial charge in [0.25, 0.3) is 5.91 Å². The highest BCUT2D eigenvalue weighted by molar-refractivity contribution is 5.97. The number of hydrogen-bond donors (Lipinski definition) is 2. The van der Waals surface area contributed by atoms with Crippen LogP contribution in [0.3, 0.4) is 0 Å². The van der Waals surface area contributed by atoms with Gasteiger partial charge in [-0.2, -0.15) is 0 Å². The summed E-state index contributed by atoms with van der Waals surface area (Å²) in [6.45, 7) is 0. The third kappa shape index (κ3) is 2.63. The van der Waals surface area contributed by atoms with E-state index in [9.17, 15) is 9.90 Å². The number of fused-ring (bicyclic) bond motifs is 1. The Morgan fingerprint density at radius 1 is 0.800 bits per heavy atom. The SMILES string of the molecule is O=C1N[C@H](C(O)(c2ccccc2)c2ccccc2)Cc2ccccc21. The van der Waals surface area contributed by atoms with E-state index in [1.165, 1.54) is 0 Å². The number of rotatable bonds is 3. The Balaban J connectivity index is 1.84. The lowest BCUT2D eigenvalue weighted by atomic mass is 9.76. The first-order valence-corrected chi connectivity index (χ1v) is 8.42. The highest BCUT2D eigenvalue weighted by Crippen LogP contribution is 2.36. The number of carbonyl (C=O) groups is 1. The Labute approximate surface area is 147 Å². The highest BCUT2D eigenvalue weighted by atomic mass is 16.3. The number of nitrogens with one attached hydrogen (secondary N) is 1. The molecule has 0 saturated heterocycles. The normalized spacial score (nSPS) is 16.8. The molecule has 25 heavy (non-hydrogen) atoms. The van der Waals surface area contributed by atoms with E-state index in [-0.39, 0.29) is 5.91 Å². The zero-order chi connectivity index (χ0) is 17.3. The third-order valence-corrected chi connectivity index (χ3v) is 4.92. The van der Waals surface area contributed by atoms with E-state index in [1.54, 1.807) is 0 Å². The number of amides is 1. The van der Waals surface area contributed by atoms with Crippen molar-refractivity contribution in [2.75, 3.05) is 0 Å². The number of hydrogen-bond acceptors (Lipinski definition) is 2. The van der Waals surface area contributed by atoms with Crippen LogP contribution in [0.25, 0.3) is 0 Å². The maximum atomic E-state index is 12.6. The van der Waals surface area contributed by atoms with E-state index in [0.717, 1.165) is 16.7 Å². The average Bonchev–Trinajstić information content (AvgIpc) is 2.68. The molecule has 4 rings (SSSR count). The lowest BCUT2D eigenvalue weighted by Gasteiger charge is -2.40. The molecule has 3 aromatic rings. The minimum Gasteiger partial charge on any atom is -0.378 e. The second-order valence-corrected chi connectivity index (χ2v) is 6.39. The van der Waals surface area contributed by atoms with E-state index in [4.69, 9.17) is 0 Å². The van der Waals surface area contributed by atoms with E-state index in [0.29, 0.717) is 12.0 Å². The van der Waals surface area contributed by atoms with Crippen LogP contribution in [0.4, 0.5) is 0 Å². The van der Waals surface area contributed by atoms with Gasteiger partial charge in [0.05, 0.1) is 6.04 Å². The Kier molecular flexibility index (Phi) is 3.86. The van der Waals surface area contributed by atoms with E-state index >= 15 is 0 Å². The van der Waals surface area contributed by atoms with Gasteiger partial charge >= 0.3 is 0 Å². The van der Waals surface area contributed by atoms with Crippen LogP contribution in [0.5, 0.6) is 0 Å².